The second-order valence-electron chi connectivity index (χ2n) is 8.10. The third-order valence-corrected chi connectivity index (χ3v) is 6.42. The lowest BCUT2D eigenvalue weighted by Gasteiger charge is -2.32. The molecule has 0 saturated carbocycles. The van der Waals surface area contributed by atoms with Crippen LogP contribution in [0.4, 0.5) is 0 Å². The summed E-state index contributed by atoms with van der Waals surface area (Å²) in [5.74, 6) is 0. The molecule has 2 aliphatic heterocycles. The van der Waals surface area contributed by atoms with Gasteiger partial charge in [0.15, 0.2) is 6.29 Å². The van der Waals surface area contributed by atoms with Gasteiger partial charge < -0.3 is 18.8 Å². The normalized spacial score (nSPS) is 24.9. The predicted molar refractivity (Wildman–Crippen MR) is 102 cm³/mol. The van der Waals surface area contributed by atoms with Gasteiger partial charge in [-0.15, -0.1) is 0 Å². The lowest BCUT2D eigenvalue weighted by Crippen LogP contribution is -2.41. The van der Waals surface area contributed by atoms with E-state index >= 15 is 0 Å². The maximum Gasteiger partial charge on any atom is 0.495 e. The van der Waals surface area contributed by atoms with E-state index in [1.807, 2.05) is 27.7 Å². The van der Waals surface area contributed by atoms with Crippen molar-refractivity contribution in [2.75, 3.05) is 6.61 Å². The molecule has 0 bridgehead atoms. The van der Waals surface area contributed by atoms with Crippen molar-refractivity contribution >= 4 is 22.6 Å². The van der Waals surface area contributed by atoms with Crippen molar-refractivity contribution in [1.82, 2.24) is 0 Å². The number of sulfonamides is 1. The summed E-state index contributed by atoms with van der Waals surface area (Å²) in [6, 6.07) is 4.68. The number of hydrogen-bond donors (Lipinski definition) is 1. The van der Waals surface area contributed by atoms with E-state index in [0.717, 1.165) is 24.7 Å². The van der Waals surface area contributed by atoms with Gasteiger partial charge in [-0.25, -0.2) is 13.6 Å². The van der Waals surface area contributed by atoms with Gasteiger partial charge in [-0.1, -0.05) is 6.07 Å². The van der Waals surface area contributed by atoms with Crippen LogP contribution in [0.2, 0.25) is 0 Å². The van der Waals surface area contributed by atoms with E-state index in [0.29, 0.717) is 12.2 Å². The first-order valence-electron chi connectivity index (χ1n) is 9.24. The van der Waals surface area contributed by atoms with Gasteiger partial charge in [0.05, 0.1) is 22.7 Å². The summed E-state index contributed by atoms with van der Waals surface area (Å²) in [5, 5.41) is 5.30. The van der Waals surface area contributed by atoms with Crippen LogP contribution in [0.15, 0.2) is 23.1 Å². The smallest absolute Gasteiger partial charge is 0.399 e. The zero-order valence-electron chi connectivity index (χ0n) is 16.4. The van der Waals surface area contributed by atoms with Crippen LogP contribution in [0.1, 0.15) is 52.5 Å². The third kappa shape index (κ3) is 4.55. The van der Waals surface area contributed by atoms with E-state index in [1.54, 1.807) is 6.07 Å². The molecule has 7 nitrogen and oxygen atoms in total. The second kappa shape index (κ2) is 7.46. The molecule has 3 rings (SSSR count). The van der Waals surface area contributed by atoms with Gasteiger partial charge in [0.1, 0.15) is 0 Å². The topological polar surface area (TPSA) is 97.1 Å². The number of primary sulfonamides is 1. The number of benzene rings is 1. The van der Waals surface area contributed by atoms with Crippen molar-refractivity contribution in [2.45, 2.75) is 76.0 Å². The minimum atomic E-state index is -3.82. The van der Waals surface area contributed by atoms with Crippen molar-refractivity contribution in [3.05, 3.63) is 23.8 Å². The summed E-state index contributed by atoms with van der Waals surface area (Å²) in [6.45, 7) is 8.74. The Hall–Kier alpha value is -0.965. The van der Waals surface area contributed by atoms with Crippen LogP contribution in [-0.2, 0) is 35.4 Å². The van der Waals surface area contributed by atoms with Crippen LogP contribution in [-0.4, -0.2) is 39.6 Å². The number of rotatable bonds is 5. The molecule has 27 heavy (non-hydrogen) atoms. The predicted octanol–water partition coefficient (Wildman–Crippen LogP) is 1.68. The Labute approximate surface area is 161 Å². The van der Waals surface area contributed by atoms with Crippen LogP contribution >= 0.6 is 0 Å². The third-order valence-electron chi connectivity index (χ3n) is 5.51. The molecule has 2 fully saturated rings. The molecular weight excluding hydrogens is 369 g/mol. The largest absolute Gasteiger partial charge is 0.495 e. The molecule has 2 saturated heterocycles. The monoisotopic (exact) mass is 397 g/mol. The SMILES string of the molecule is CC1(C)OB(c2ccc(S(N)(=O)=O)cc2COC2CCCCO2)OC1(C)C. The first-order valence-corrected chi connectivity index (χ1v) is 10.8. The summed E-state index contributed by atoms with van der Waals surface area (Å²) < 4.78 is 47.3. The molecule has 0 amide bonds. The highest BCUT2D eigenvalue weighted by molar-refractivity contribution is 7.89. The van der Waals surface area contributed by atoms with Crippen molar-refractivity contribution in [2.24, 2.45) is 5.14 Å². The molecule has 1 aromatic rings. The Kier molecular flexibility index (Phi) is 5.73. The van der Waals surface area contributed by atoms with Gasteiger partial charge in [-0.3, -0.25) is 0 Å². The van der Waals surface area contributed by atoms with E-state index in [4.69, 9.17) is 23.9 Å². The second-order valence-corrected chi connectivity index (χ2v) is 9.66. The van der Waals surface area contributed by atoms with Gasteiger partial charge in [-0.2, -0.15) is 0 Å². The van der Waals surface area contributed by atoms with Gasteiger partial charge in [-0.05, 0) is 70.1 Å². The average Bonchev–Trinajstić information content (AvgIpc) is 2.80. The molecule has 1 aromatic carbocycles. The lowest BCUT2D eigenvalue weighted by atomic mass is 9.76. The molecule has 1 unspecified atom stereocenters. The Morgan fingerprint density at radius 2 is 1.85 bits per heavy atom. The molecule has 0 aliphatic carbocycles. The zero-order chi connectivity index (χ0) is 19.9. The molecule has 9 heteroatoms. The van der Waals surface area contributed by atoms with Crippen molar-refractivity contribution in [3.8, 4) is 0 Å². The minimum absolute atomic E-state index is 0.0333. The van der Waals surface area contributed by atoms with Crippen molar-refractivity contribution < 1.29 is 27.2 Å². The Balaban J connectivity index is 1.88. The number of hydrogen-bond acceptors (Lipinski definition) is 6. The Morgan fingerprint density at radius 1 is 1.19 bits per heavy atom. The average molecular weight is 397 g/mol. The van der Waals surface area contributed by atoms with E-state index in [2.05, 4.69) is 0 Å². The fourth-order valence-corrected chi connectivity index (χ4v) is 3.67. The molecule has 0 radical (unpaired) electrons. The maximum absolute atomic E-state index is 11.8. The highest BCUT2D eigenvalue weighted by atomic mass is 32.2. The van der Waals surface area contributed by atoms with Gasteiger partial charge >= 0.3 is 7.12 Å². The Morgan fingerprint density at radius 3 is 2.41 bits per heavy atom. The molecule has 2 N–H and O–H groups in total. The fourth-order valence-electron chi connectivity index (χ4n) is 3.11. The van der Waals surface area contributed by atoms with E-state index in [-0.39, 0.29) is 17.8 Å². The van der Waals surface area contributed by atoms with Crippen LogP contribution in [0, 0.1) is 0 Å². The first-order chi connectivity index (χ1) is 12.5. The van der Waals surface area contributed by atoms with Crippen LogP contribution < -0.4 is 10.6 Å². The van der Waals surface area contributed by atoms with Crippen molar-refractivity contribution in [3.63, 3.8) is 0 Å². The highest BCUT2D eigenvalue weighted by Crippen LogP contribution is 2.36. The molecule has 0 aromatic heterocycles. The van der Waals surface area contributed by atoms with Crippen LogP contribution in [0.3, 0.4) is 0 Å². The van der Waals surface area contributed by atoms with Gasteiger partial charge in [0.2, 0.25) is 10.0 Å². The number of ether oxygens (including phenoxy) is 2. The van der Waals surface area contributed by atoms with Crippen LogP contribution in [0.25, 0.3) is 0 Å². The molecule has 2 aliphatic rings. The minimum Gasteiger partial charge on any atom is -0.399 e. The van der Waals surface area contributed by atoms with Gasteiger partial charge in [0, 0.05) is 6.61 Å². The summed E-state index contributed by atoms with van der Waals surface area (Å²) in [5.41, 5.74) is 0.396. The quantitative estimate of drug-likeness (QED) is 0.760. The molecule has 2 heterocycles. The highest BCUT2D eigenvalue weighted by Gasteiger charge is 2.52. The molecule has 150 valence electrons. The first kappa shape index (κ1) is 20.8. The fraction of sp³-hybridized carbons (Fsp3) is 0.667. The lowest BCUT2D eigenvalue weighted by molar-refractivity contribution is -0.168. The van der Waals surface area contributed by atoms with Gasteiger partial charge in [0.25, 0.3) is 0 Å². The van der Waals surface area contributed by atoms with Crippen molar-refractivity contribution in [1.29, 1.82) is 0 Å². The van der Waals surface area contributed by atoms with E-state index in [1.165, 1.54) is 12.1 Å². The summed E-state index contributed by atoms with van der Waals surface area (Å²) >= 11 is 0. The zero-order valence-corrected chi connectivity index (χ0v) is 17.2. The Bertz CT molecular complexity index is 773. The summed E-state index contributed by atoms with van der Waals surface area (Å²) in [4.78, 5) is 0.0333. The molecule has 1 atom stereocenters. The summed E-state index contributed by atoms with van der Waals surface area (Å²) in [6.07, 6.45) is 2.61. The molecule has 0 spiro atoms. The van der Waals surface area contributed by atoms with E-state index in [9.17, 15) is 8.42 Å². The van der Waals surface area contributed by atoms with E-state index < -0.39 is 28.3 Å². The number of nitrogens with two attached hydrogens (primary N) is 1. The van der Waals surface area contributed by atoms with Crippen LogP contribution in [0.5, 0.6) is 0 Å². The maximum atomic E-state index is 11.8. The standard InChI is InChI=1S/C18H28BNO6S/c1-17(2)18(3,4)26-19(25-17)15-9-8-14(27(20,21)22)11-13(15)12-24-16-7-5-6-10-23-16/h8-9,11,16H,5-7,10,12H2,1-4H3,(H2,20,21,22). The molecular formula is C18H28BNO6S. The summed E-state index contributed by atoms with van der Waals surface area (Å²) in [7, 11) is -4.44.